The molecule has 1 aromatic heterocycles. The van der Waals surface area contributed by atoms with E-state index < -0.39 is 10.0 Å². The Hall–Kier alpha value is -2.82. The van der Waals surface area contributed by atoms with E-state index in [1.165, 1.54) is 48.2 Å². The second kappa shape index (κ2) is 8.46. The van der Waals surface area contributed by atoms with Crippen molar-refractivity contribution in [3.05, 3.63) is 66.5 Å². The van der Waals surface area contributed by atoms with Crippen molar-refractivity contribution in [2.75, 3.05) is 11.1 Å². The van der Waals surface area contributed by atoms with E-state index in [1.807, 2.05) is 0 Å². The largest absolute Gasteiger partial charge is 0.325 e. The van der Waals surface area contributed by atoms with Crippen LogP contribution in [0.5, 0.6) is 0 Å². The Kier molecular flexibility index (Phi) is 6.02. The standard InChI is InChI=1S/C18H15FN4O3S2/c19-13-3-1-12(2-4-13)16-9-10-18(23-22-16)27-11-17(24)21-14-5-7-15(8-6-14)28(20,25)26/h1-10H,11H2,(H,21,24)(H2,20,25,26). The van der Waals surface area contributed by atoms with Crippen LogP contribution in [0.3, 0.4) is 0 Å². The van der Waals surface area contributed by atoms with Crippen LogP contribution in [0.1, 0.15) is 0 Å². The first-order valence-corrected chi connectivity index (χ1v) is 10.5. The van der Waals surface area contributed by atoms with E-state index in [9.17, 15) is 17.6 Å². The number of nitrogens with zero attached hydrogens (tertiary/aromatic N) is 2. The Morgan fingerprint density at radius 3 is 2.25 bits per heavy atom. The number of rotatable bonds is 6. The van der Waals surface area contributed by atoms with Crippen LogP contribution in [0.2, 0.25) is 0 Å². The van der Waals surface area contributed by atoms with Crippen molar-refractivity contribution in [1.82, 2.24) is 10.2 Å². The van der Waals surface area contributed by atoms with Crippen LogP contribution in [-0.4, -0.2) is 30.3 Å². The maximum absolute atomic E-state index is 13.0. The van der Waals surface area contributed by atoms with Gasteiger partial charge >= 0.3 is 0 Å². The molecule has 0 bridgehead atoms. The van der Waals surface area contributed by atoms with Crippen molar-refractivity contribution in [3.63, 3.8) is 0 Å². The first-order valence-electron chi connectivity index (χ1n) is 7.96. The van der Waals surface area contributed by atoms with Crippen molar-refractivity contribution in [3.8, 4) is 11.3 Å². The number of benzene rings is 2. The van der Waals surface area contributed by atoms with Crippen LogP contribution in [0.25, 0.3) is 11.3 Å². The van der Waals surface area contributed by atoms with E-state index in [4.69, 9.17) is 5.14 Å². The number of primary sulfonamides is 1. The number of carbonyl (C=O) groups is 1. The summed E-state index contributed by atoms with van der Waals surface area (Å²) in [4.78, 5) is 12.0. The van der Waals surface area contributed by atoms with Crippen LogP contribution in [-0.2, 0) is 14.8 Å². The molecule has 0 aliphatic heterocycles. The van der Waals surface area contributed by atoms with E-state index in [-0.39, 0.29) is 22.4 Å². The minimum atomic E-state index is -3.77. The molecule has 0 aliphatic rings. The van der Waals surface area contributed by atoms with E-state index in [0.717, 1.165) is 5.56 Å². The summed E-state index contributed by atoms with van der Waals surface area (Å²) < 4.78 is 35.4. The number of nitrogens with one attached hydrogen (secondary N) is 1. The second-order valence-electron chi connectivity index (χ2n) is 5.67. The fraction of sp³-hybridized carbons (Fsp3) is 0.0556. The van der Waals surface area contributed by atoms with Gasteiger partial charge in [0.25, 0.3) is 0 Å². The number of hydrogen-bond donors (Lipinski definition) is 2. The molecule has 3 rings (SSSR count). The van der Waals surface area contributed by atoms with Crippen LogP contribution in [0, 0.1) is 5.82 Å². The number of carbonyl (C=O) groups excluding carboxylic acids is 1. The number of nitrogens with two attached hydrogens (primary N) is 1. The lowest BCUT2D eigenvalue weighted by Gasteiger charge is -2.06. The molecule has 3 aromatic rings. The Labute approximate surface area is 165 Å². The summed E-state index contributed by atoms with van der Waals surface area (Å²) in [6.45, 7) is 0. The highest BCUT2D eigenvalue weighted by molar-refractivity contribution is 7.99. The third-order valence-electron chi connectivity index (χ3n) is 3.60. The molecule has 1 heterocycles. The predicted octanol–water partition coefficient (Wildman–Crippen LogP) is 2.66. The summed E-state index contributed by atoms with van der Waals surface area (Å²) in [6.07, 6.45) is 0. The number of amides is 1. The summed E-state index contributed by atoms with van der Waals surface area (Å²) in [5.74, 6) is -0.506. The Morgan fingerprint density at radius 2 is 1.68 bits per heavy atom. The van der Waals surface area contributed by atoms with Crippen molar-refractivity contribution in [2.24, 2.45) is 5.14 Å². The second-order valence-corrected chi connectivity index (χ2v) is 8.23. The van der Waals surface area contributed by atoms with Gasteiger partial charge in [-0.2, -0.15) is 0 Å². The molecule has 28 heavy (non-hydrogen) atoms. The fourth-order valence-electron chi connectivity index (χ4n) is 2.24. The van der Waals surface area contributed by atoms with Crippen molar-refractivity contribution in [2.45, 2.75) is 9.92 Å². The Bertz CT molecular complexity index is 1070. The Morgan fingerprint density at radius 1 is 1.00 bits per heavy atom. The zero-order valence-corrected chi connectivity index (χ0v) is 16.0. The lowest BCUT2D eigenvalue weighted by atomic mass is 10.1. The number of sulfonamides is 1. The predicted molar refractivity (Wildman–Crippen MR) is 105 cm³/mol. The highest BCUT2D eigenvalue weighted by Crippen LogP contribution is 2.20. The molecule has 7 nitrogen and oxygen atoms in total. The zero-order chi connectivity index (χ0) is 20.1. The number of thioether (sulfide) groups is 1. The number of aromatic nitrogens is 2. The van der Waals surface area contributed by atoms with Gasteiger partial charge in [0.2, 0.25) is 15.9 Å². The van der Waals surface area contributed by atoms with E-state index in [1.54, 1.807) is 24.3 Å². The van der Waals surface area contributed by atoms with Gasteiger partial charge in [-0.1, -0.05) is 11.8 Å². The van der Waals surface area contributed by atoms with Gasteiger partial charge in [-0.05, 0) is 60.7 Å². The third-order valence-corrected chi connectivity index (χ3v) is 5.45. The van der Waals surface area contributed by atoms with Gasteiger partial charge in [-0.25, -0.2) is 17.9 Å². The molecule has 3 N–H and O–H groups in total. The summed E-state index contributed by atoms with van der Waals surface area (Å²) in [6, 6.07) is 14.9. The molecular weight excluding hydrogens is 403 g/mol. The van der Waals surface area contributed by atoms with Crippen LogP contribution in [0.4, 0.5) is 10.1 Å². The number of halogens is 1. The molecule has 10 heteroatoms. The highest BCUT2D eigenvalue weighted by Gasteiger charge is 2.09. The van der Waals surface area contributed by atoms with Gasteiger partial charge in [0.05, 0.1) is 16.3 Å². The van der Waals surface area contributed by atoms with Gasteiger partial charge in [0.1, 0.15) is 10.8 Å². The molecule has 2 aromatic carbocycles. The maximum atomic E-state index is 13.0. The van der Waals surface area contributed by atoms with Gasteiger partial charge in [-0.3, -0.25) is 4.79 Å². The molecule has 144 valence electrons. The molecule has 1 amide bonds. The molecule has 0 fully saturated rings. The van der Waals surface area contributed by atoms with E-state index in [0.29, 0.717) is 16.4 Å². The van der Waals surface area contributed by atoms with Gasteiger partial charge < -0.3 is 5.32 Å². The maximum Gasteiger partial charge on any atom is 0.238 e. The normalized spacial score (nSPS) is 11.2. The average molecular weight is 418 g/mol. The first-order chi connectivity index (χ1) is 13.3. The highest BCUT2D eigenvalue weighted by atomic mass is 32.2. The molecule has 0 spiro atoms. The average Bonchev–Trinajstić information content (AvgIpc) is 2.67. The molecule has 0 saturated heterocycles. The number of anilines is 1. The molecule has 0 saturated carbocycles. The molecule has 0 atom stereocenters. The zero-order valence-electron chi connectivity index (χ0n) is 14.4. The summed E-state index contributed by atoms with van der Waals surface area (Å²) >= 11 is 1.20. The van der Waals surface area contributed by atoms with Crippen LogP contribution >= 0.6 is 11.8 Å². The van der Waals surface area contributed by atoms with Gasteiger partial charge in [-0.15, -0.1) is 10.2 Å². The third kappa shape index (κ3) is 5.35. The summed E-state index contributed by atoms with van der Waals surface area (Å²) in [7, 11) is -3.77. The first kappa shape index (κ1) is 19.9. The fourth-order valence-corrected chi connectivity index (χ4v) is 3.37. The van der Waals surface area contributed by atoms with Crippen molar-refractivity contribution in [1.29, 1.82) is 0 Å². The lowest BCUT2D eigenvalue weighted by Crippen LogP contribution is -2.15. The van der Waals surface area contributed by atoms with Crippen molar-refractivity contribution < 1.29 is 17.6 Å². The van der Waals surface area contributed by atoms with Gasteiger partial charge in [0.15, 0.2) is 0 Å². The molecular formula is C18H15FN4O3S2. The summed E-state index contributed by atoms with van der Waals surface area (Å²) in [5.41, 5.74) is 1.80. The smallest absolute Gasteiger partial charge is 0.238 e. The monoisotopic (exact) mass is 418 g/mol. The topological polar surface area (TPSA) is 115 Å². The number of hydrogen-bond acceptors (Lipinski definition) is 6. The summed E-state index contributed by atoms with van der Waals surface area (Å²) in [5, 5.41) is 16.4. The van der Waals surface area contributed by atoms with Crippen molar-refractivity contribution >= 4 is 33.4 Å². The van der Waals surface area contributed by atoms with Gasteiger partial charge in [0, 0.05) is 11.3 Å². The quantitative estimate of drug-likeness (QED) is 0.595. The minimum absolute atomic E-state index is 0.0311. The lowest BCUT2D eigenvalue weighted by molar-refractivity contribution is -0.113. The molecule has 0 unspecified atom stereocenters. The Balaban J connectivity index is 1.55. The molecule has 0 radical (unpaired) electrons. The van der Waals surface area contributed by atoms with Crippen LogP contribution in [0.15, 0.2) is 70.6 Å². The minimum Gasteiger partial charge on any atom is -0.325 e. The molecule has 0 aliphatic carbocycles. The van der Waals surface area contributed by atoms with Crippen LogP contribution < -0.4 is 10.5 Å². The van der Waals surface area contributed by atoms with E-state index in [2.05, 4.69) is 15.5 Å². The SMILES string of the molecule is NS(=O)(=O)c1ccc(NC(=O)CSc2ccc(-c3ccc(F)cc3)nn2)cc1. The van der Waals surface area contributed by atoms with E-state index >= 15 is 0 Å².